The molecule has 0 aromatic heterocycles. The quantitative estimate of drug-likeness (QED) is 0.551. The Morgan fingerprint density at radius 1 is 0.885 bits per heavy atom. The van der Waals surface area contributed by atoms with Crippen molar-refractivity contribution in [3.05, 3.63) is 71.3 Å². The van der Waals surface area contributed by atoms with Crippen LogP contribution in [0, 0.1) is 0 Å². The van der Waals surface area contributed by atoms with Gasteiger partial charge >= 0.3 is 0 Å². The van der Waals surface area contributed by atoms with Crippen molar-refractivity contribution in [3.8, 4) is 0 Å². The average molecular weight is 354 g/mol. The highest BCUT2D eigenvalue weighted by atomic mass is 19.1. The zero-order chi connectivity index (χ0) is 18.2. The summed E-state index contributed by atoms with van der Waals surface area (Å²) in [7, 11) is 0. The van der Waals surface area contributed by atoms with Crippen molar-refractivity contribution in [2.75, 3.05) is 19.6 Å². The third-order valence-electron chi connectivity index (χ3n) is 5.77. The van der Waals surface area contributed by atoms with E-state index in [2.05, 4.69) is 66.4 Å². The number of hydrogen-bond acceptors (Lipinski definition) is 1. The Hall–Kier alpha value is -1.67. The molecular formula is C24H32FN. The molecule has 0 bridgehead atoms. The number of likely N-dealkylation sites (N-methyl/N-ethyl adjacent to an activating group) is 1. The molecule has 0 heterocycles. The summed E-state index contributed by atoms with van der Waals surface area (Å²) >= 11 is 0. The first-order valence-corrected chi connectivity index (χ1v) is 10.2. The molecule has 1 nitrogen and oxygen atoms in total. The molecule has 0 radical (unpaired) electrons. The van der Waals surface area contributed by atoms with Crippen LogP contribution in [-0.2, 0) is 12.8 Å². The topological polar surface area (TPSA) is 3.24 Å². The van der Waals surface area contributed by atoms with Crippen LogP contribution >= 0.6 is 0 Å². The number of rotatable bonds is 9. The fourth-order valence-electron chi connectivity index (χ4n) is 4.05. The maximum atomic E-state index is 13.4. The number of aryl methyl sites for hydroxylation is 1. The van der Waals surface area contributed by atoms with Gasteiger partial charge in [0.25, 0.3) is 0 Å². The zero-order valence-corrected chi connectivity index (χ0v) is 16.0. The van der Waals surface area contributed by atoms with E-state index in [4.69, 9.17) is 0 Å². The highest BCUT2D eigenvalue weighted by molar-refractivity contribution is 5.26. The maximum Gasteiger partial charge on any atom is 0.101 e. The molecule has 0 amide bonds. The van der Waals surface area contributed by atoms with Crippen LogP contribution in [0.1, 0.15) is 55.2 Å². The summed E-state index contributed by atoms with van der Waals surface area (Å²) in [5.41, 5.74) is 4.15. The van der Waals surface area contributed by atoms with Crippen LogP contribution in [0.15, 0.2) is 54.6 Å². The van der Waals surface area contributed by atoms with E-state index in [9.17, 15) is 4.39 Å². The van der Waals surface area contributed by atoms with Crippen LogP contribution in [0.3, 0.4) is 0 Å². The van der Waals surface area contributed by atoms with Crippen molar-refractivity contribution in [2.24, 2.45) is 0 Å². The van der Waals surface area contributed by atoms with E-state index in [1.807, 2.05) is 0 Å². The lowest BCUT2D eigenvalue weighted by molar-refractivity contribution is 0.288. The molecule has 1 fully saturated rings. The lowest BCUT2D eigenvalue weighted by Gasteiger charge is -2.20. The Bertz CT molecular complexity index is 637. The average Bonchev–Trinajstić information content (AvgIpc) is 3.12. The first-order chi connectivity index (χ1) is 12.7. The Morgan fingerprint density at radius 2 is 1.62 bits per heavy atom. The van der Waals surface area contributed by atoms with Gasteiger partial charge in [-0.3, -0.25) is 0 Å². The summed E-state index contributed by atoms with van der Waals surface area (Å²) in [4.78, 5) is 2.54. The van der Waals surface area contributed by atoms with Gasteiger partial charge in [0.05, 0.1) is 0 Å². The fraction of sp³-hybridized carbons (Fsp3) is 0.500. The second kappa shape index (κ2) is 9.87. The van der Waals surface area contributed by atoms with Gasteiger partial charge in [0.1, 0.15) is 6.17 Å². The van der Waals surface area contributed by atoms with Gasteiger partial charge in [-0.1, -0.05) is 61.5 Å². The van der Waals surface area contributed by atoms with Gasteiger partial charge in [0.2, 0.25) is 0 Å². The Morgan fingerprint density at radius 3 is 2.27 bits per heavy atom. The molecule has 0 spiro atoms. The molecule has 2 unspecified atom stereocenters. The van der Waals surface area contributed by atoms with Crippen molar-refractivity contribution in [1.29, 1.82) is 0 Å². The standard InChI is InChI=1S/C24H32FN/c1-2-26(18-16-20-7-4-3-5-8-20)17-6-9-21-10-12-22(13-11-21)23-14-15-24(25)19-23/h3-5,7-8,10-13,23-24H,2,6,9,14-19H2,1H3. The van der Waals surface area contributed by atoms with Gasteiger partial charge in [-0.2, -0.15) is 0 Å². The molecule has 0 saturated heterocycles. The zero-order valence-electron chi connectivity index (χ0n) is 16.0. The van der Waals surface area contributed by atoms with Gasteiger partial charge in [0, 0.05) is 6.54 Å². The number of hydrogen-bond donors (Lipinski definition) is 0. The smallest absolute Gasteiger partial charge is 0.101 e. The largest absolute Gasteiger partial charge is 0.303 e. The molecule has 2 heteroatoms. The lowest BCUT2D eigenvalue weighted by Crippen LogP contribution is -2.27. The van der Waals surface area contributed by atoms with Crippen LogP contribution < -0.4 is 0 Å². The summed E-state index contributed by atoms with van der Waals surface area (Å²) in [5, 5.41) is 0. The Balaban J connectivity index is 1.40. The van der Waals surface area contributed by atoms with Gasteiger partial charge in [0.15, 0.2) is 0 Å². The first-order valence-electron chi connectivity index (χ1n) is 10.2. The van der Waals surface area contributed by atoms with Gasteiger partial charge in [-0.25, -0.2) is 4.39 Å². The lowest BCUT2D eigenvalue weighted by atomic mass is 9.96. The Kier molecular flexibility index (Phi) is 7.25. The number of benzene rings is 2. The SMILES string of the molecule is CCN(CCCc1ccc(C2CCC(F)C2)cc1)CCc1ccccc1. The molecule has 2 aromatic carbocycles. The second-order valence-electron chi connectivity index (χ2n) is 7.62. The van der Waals surface area contributed by atoms with E-state index in [0.717, 1.165) is 45.3 Å². The van der Waals surface area contributed by atoms with E-state index >= 15 is 0 Å². The monoisotopic (exact) mass is 353 g/mol. The molecule has 2 aromatic rings. The second-order valence-corrected chi connectivity index (χ2v) is 7.62. The first kappa shape index (κ1) is 19.1. The predicted octanol–water partition coefficient (Wildman–Crippen LogP) is 5.79. The highest BCUT2D eigenvalue weighted by Crippen LogP contribution is 2.36. The van der Waals surface area contributed by atoms with Crippen LogP contribution in [-0.4, -0.2) is 30.7 Å². The summed E-state index contributed by atoms with van der Waals surface area (Å²) in [6, 6.07) is 19.7. The minimum absolute atomic E-state index is 0.438. The van der Waals surface area contributed by atoms with Crippen LogP contribution in [0.2, 0.25) is 0 Å². The van der Waals surface area contributed by atoms with Crippen LogP contribution in [0.25, 0.3) is 0 Å². The van der Waals surface area contributed by atoms with Gasteiger partial charge in [-0.15, -0.1) is 0 Å². The normalized spacial score (nSPS) is 20.0. The maximum absolute atomic E-state index is 13.4. The fourth-order valence-corrected chi connectivity index (χ4v) is 4.05. The van der Waals surface area contributed by atoms with E-state index in [0.29, 0.717) is 12.3 Å². The molecule has 140 valence electrons. The Labute approximate surface area is 158 Å². The molecule has 26 heavy (non-hydrogen) atoms. The summed E-state index contributed by atoms with van der Waals surface area (Å²) in [5.74, 6) is 0.438. The molecule has 3 rings (SSSR count). The van der Waals surface area contributed by atoms with Crippen molar-refractivity contribution in [3.63, 3.8) is 0 Å². The van der Waals surface area contributed by atoms with Crippen molar-refractivity contribution in [2.45, 2.75) is 57.5 Å². The molecule has 0 N–H and O–H groups in total. The molecule has 2 atom stereocenters. The van der Waals surface area contributed by atoms with E-state index in [-0.39, 0.29) is 0 Å². The summed E-state index contributed by atoms with van der Waals surface area (Å²) < 4.78 is 13.4. The third-order valence-corrected chi connectivity index (χ3v) is 5.77. The summed E-state index contributed by atoms with van der Waals surface area (Å²) in [6.07, 6.45) is 5.31. The van der Waals surface area contributed by atoms with Crippen molar-refractivity contribution < 1.29 is 4.39 Å². The van der Waals surface area contributed by atoms with Gasteiger partial charge < -0.3 is 4.90 Å². The number of nitrogens with zero attached hydrogens (tertiary/aromatic N) is 1. The van der Waals surface area contributed by atoms with Crippen LogP contribution in [0.5, 0.6) is 0 Å². The number of halogens is 1. The minimum atomic E-state index is -0.587. The van der Waals surface area contributed by atoms with Crippen molar-refractivity contribution in [1.82, 2.24) is 4.90 Å². The van der Waals surface area contributed by atoms with Crippen LogP contribution in [0.4, 0.5) is 4.39 Å². The molecule has 1 aliphatic carbocycles. The molecule has 1 aliphatic rings. The van der Waals surface area contributed by atoms with E-state index in [1.165, 1.54) is 23.1 Å². The highest BCUT2D eigenvalue weighted by Gasteiger charge is 2.25. The minimum Gasteiger partial charge on any atom is -0.303 e. The predicted molar refractivity (Wildman–Crippen MR) is 109 cm³/mol. The molecule has 1 saturated carbocycles. The molecular weight excluding hydrogens is 321 g/mol. The summed E-state index contributed by atoms with van der Waals surface area (Å²) in [6.45, 7) is 5.64. The van der Waals surface area contributed by atoms with Gasteiger partial charge in [-0.05, 0) is 74.2 Å². The van der Waals surface area contributed by atoms with E-state index < -0.39 is 6.17 Å². The third kappa shape index (κ3) is 5.67. The van der Waals surface area contributed by atoms with Crippen molar-refractivity contribution >= 4 is 0 Å². The number of alkyl halides is 1. The molecule has 0 aliphatic heterocycles. The van der Waals surface area contributed by atoms with E-state index in [1.54, 1.807) is 0 Å².